The molecule has 0 amide bonds. The first-order valence-electron chi connectivity index (χ1n) is 10.7. The molecule has 34 heavy (non-hydrogen) atoms. The van der Waals surface area contributed by atoms with E-state index in [0.29, 0.717) is 16.7 Å². The molecule has 0 saturated heterocycles. The first-order valence-corrected chi connectivity index (χ1v) is 10.7. The number of aromatic nitrogens is 1. The molecule has 0 aliphatic carbocycles. The lowest BCUT2D eigenvalue weighted by Crippen LogP contribution is -2.44. The number of fused-ring (bicyclic) bond motifs is 3. The van der Waals surface area contributed by atoms with E-state index < -0.39 is 11.5 Å². The lowest BCUT2D eigenvalue weighted by molar-refractivity contribution is -0.143. The molecule has 0 spiro atoms. The van der Waals surface area contributed by atoms with Gasteiger partial charge in [-0.25, -0.2) is 4.79 Å². The number of rotatable bonds is 5. The number of carboxylic acids is 1. The molecule has 0 atom stereocenters. The summed E-state index contributed by atoms with van der Waals surface area (Å²) in [4.78, 5) is 13.4. The fourth-order valence-corrected chi connectivity index (χ4v) is 4.74. The van der Waals surface area contributed by atoms with Gasteiger partial charge in [-0.1, -0.05) is 78.9 Å². The zero-order valence-electron chi connectivity index (χ0n) is 18.2. The van der Waals surface area contributed by atoms with Crippen molar-refractivity contribution in [3.8, 4) is 0 Å². The van der Waals surface area contributed by atoms with E-state index >= 15 is 0 Å². The molecule has 5 aromatic rings. The van der Waals surface area contributed by atoms with Crippen LogP contribution >= 0.6 is 0 Å². The fraction of sp³-hybridized carbons (Fsp3) is 0.0370. The number of amidine groups is 1. The van der Waals surface area contributed by atoms with E-state index in [4.69, 9.17) is 11.3 Å². The zero-order valence-corrected chi connectivity index (χ0v) is 18.2. The number of nitrogens with zero attached hydrogens (tertiary/aromatic N) is 3. The highest BCUT2D eigenvalue weighted by atomic mass is 16.4. The standard InChI is InChI=1S/C27H21N5O2/c28-25(30-31-29)18-15-16-24-22(17-18)21-13-7-8-14-23(21)32(24)27(26(33)34,19-9-3-1-4-10-19)20-11-5-2-6-12-20/h1-17H,(H,33,34)(H3,28,29,30)/p+1. The zero-order chi connectivity index (χ0) is 23.7. The molecule has 1 aromatic heterocycles. The normalized spacial score (nSPS) is 11.9. The van der Waals surface area contributed by atoms with Crippen LogP contribution in [0.5, 0.6) is 0 Å². The summed E-state index contributed by atoms with van der Waals surface area (Å²) in [5.74, 6) is 4.37. The highest BCUT2D eigenvalue weighted by molar-refractivity contribution is 6.12. The molecule has 7 nitrogen and oxygen atoms in total. The van der Waals surface area contributed by atoms with Crippen molar-refractivity contribution in [1.82, 2.24) is 4.57 Å². The van der Waals surface area contributed by atoms with Gasteiger partial charge in [0.1, 0.15) is 0 Å². The molecule has 0 radical (unpaired) electrons. The Morgan fingerprint density at radius 2 is 1.35 bits per heavy atom. The maximum atomic E-state index is 13.4. The van der Waals surface area contributed by atoms with Gasteiger partial charge in [0.2, 0.25) is 0 Å². The molecule has 166 valence electrons. The van der Waals surface area contributed by atoms with Crippen LogP contribution in [-0.4, -0.2) is 21.5 Å². The van der Waals surface area contributed by atoms with Crippen LogP contribution in [0.15, 0.2) is 113 Å². The van der Waals surface area contributed by atoms with Gasteiger partial charge in [-0.15, -0.1) is 0 Å². The third kappa shape index (κ3) is 3.06. The minimum Gasteiger partial charge on any atom is -0.479 e. The molecule has 0 aliphatic rings. The summed E-state index contributed by atoms with van der Waals surface area (Å²) in [7, 11) is 0. The molecule has 7 heteroatoms. The number of carboxylic acid groups (broad SMARTS) is 1. The lowest BCUT2D eigenvalue weighted by atomic mass is 9.82. The summed E-state index contributed by atoms with van der Waals surface area (Å²) in [6.45, 7) is 0. The fourth-order valence-electron chi connectivity index (χ4n) is 4.74. The predicted octanol–water partition coefficient (Wildman–Crippen LogP) is 3.50. The summed E-state index contributed by atoms with van der Waals surface area (Å²) in [6, 6.07) is 31.9. The van der Waals surface area contributed by atoms with Gasteiger partial charge in [0.05, 0.1) is 21.7 Å². The summed E-state index contributed by atoms with van der Waals surface area (Å²) >= 11 is 0. The van der Waals surface area contributed by atoms with Gasteiger partial charge in [0.15, 0.2) is 5.54 Å². The van der Waals surface area contributed by atoms with Crippen molar-refractivity contribution in [2.45, 2.75) is 5.54 Å². The van der Waals surface area contributed by atoms with Crippen LogP contribution in [0.2, 0.25) is 0 Å². The second kappa shape index (κ2) is 8.29. The Morgan fingerprint density at radius 1 is 0.794 bits per heavy atom. The molecule has 0 fully saturated rings. The topological polar surface area (TPSA) is 119 Å². The van der Waals surface area contributed by atoms with Crippen molar-refractivity contribution in [2.75, 3.05) is 0 Å². The second-order valence-corrected chi connectivity index (χ2v) is 7.93. The molecular weight excluding hydrogens is 426 g/mol. The van der Waals surface area contributed by atoms with Gasteiger partial charge in [0.25, 0.3) is 0 Å². The number of hydrogen-bond donors (Lipinski definition) is 3. The highest BCUT2D eigenvalue weighted by Gasteiger charge is 2.46. The van der Waals surface area contributed by atoms with Crippen LogP contribution in [0, 0.1) is 0 Å². The van der Waals surface area contributed by atoms with Crippen molar-refractivity contribution in [1.29, 1.82) is 0 Å². The van der Waals surface area contributed by atoms with E-state index in [-0.39, 0.29) is 5.84 Å². The van der Waals surface area contributed by atoms with Crippen LogP contribution in [0.1, 0.15) is 16.7 Å². The van der Waals surface area contributed by atoms with Crippen molar-refractivity contribution in [2.24, 2.45) is 16.2 Å². The van der Waals surface area contributed by atoms with E-state index in [1.165, 1.54) is 0 Å². The van der Waals surface area contributed by atoms with E-state index in [1.54, 1.807) is 6.07 Å². The number of aliphatic carboxylic acids is 1. The van der Waals surface area contributed by atoms with Gasteiger partial charge < -0.3 is 9.67 Å². The average molecular weight is 449 g/mol. The molecule has 5 rings (SSSR count). The molecule has 4 aromatic carbocycles. The minimum atomic E-state index is -1.52. The Labute approximate surface area is 195 Å². The van der Waals surface area contributed by atoms with Gasteiger partial charge in [-0.2, -0.15) is 0 Å². The van der Waals surface area contributed by atoms with Crippen LogP contribution in [-0.2, 0) is 10.3 Å². The Hall–Kier alpha value is -4.78. The van der Waals surface area contributed by atoms with Crippen molar-refractivity contribution in [3.63, 3.8) is 0 Å². The lowest BCUT2D eigenvalue weighted by Gasteiger charge is -2.34. The van der Waals surface area contributed by atoms with Gasteiger partial charge in [-0.3, -0.25) is 11.3 Å². The van der Waals surface area contributed by atoms with Crippen LogP contribution in [0.25, 0.3) is 21.8 Å². The molecule has 0 unspecified atom stereocenters. The van der Waals surface area contributed by atoms with Crippen molar-refractivity contribution >= 4 is 33.6 Å². The molecule has 0 bridgehead atoms. The number of benzene rings is 4. The maximum Gasteiger partial charge on any atom is 0.350 e. The quantitative estimate of drug-likeness (QED) is 0.126. The number of nitrogens with two attached hydrogens (primary N) is 2. The van der Waals surface area contributed by atoms with E-state index in [1.807, 2.05) is 102 Å². The second-order valence-electron chi connectivity index (χ2n) is 7.93. The van der Waals surface area contributed by atoms with E-state index in [2.05, 4.69) is 10.3 Å². The molecule has 0 saturated carbocycles. The largest absolute Gasteiger partial charge is 0.479 e. The minimum absolute atomic E-state index is 0.178. The van der Waals surface area contributed by atoms with Gasteiger partial charge in [0, 0.05) is 16.0 Å². The van der Waals surface area contributed by atoms with Gasteiger partial charge in [-0.05, 0) is 35.4 Å². The number of para-hydroxylation sites is 1. The third-order valence-corrected chi connectivity index (χ3v) is 6.16. The summed E-state index contributed by atoms with van der Waals surface area (Å²) < 4.78 is 1.90. The van der Waals surface area contributed by atoms with Crippen LogP contribution in [0.3, 0.4) is 0 Å². The SMILES string of the molecule is NN=NC(=[NH2+])c1ccc2c(c1)c1ccccc1n2C(C(=O)O)(c1ccccc1)c1ccccc1. The summed E-state index contributed by atoms with van der Waals surface area (Å²) in [5.41, 5.74) is 1.94. The maximum absolute atomic E-state index is 13.4. The predicted molar refractivity (Wildman–Crippen MR) is 131 cm³/mol. The molecule has 5 N–H and O–H groups in total. The summed E-state index contributed by atoms with van der Waals surface area (Å²) in [5, 5.41) is 25.8. The molecular formula is C27H22N5O2+. The highest BCUT2D eigenvalue weighted by Crippen LogP contribution is 2.42. The van der Waals surface area contributed by atoms with E-state index in [0.717, 1.165) is 21.8 Å². The van der Waals surface area contributed by atoms with E-state index in [9.17, 15) is 9.90 Å². The smallest absolute Gasteiger partial charge is 0.350 e. The Bertz CT molecular complexity index is 1520. The van der Waals surface area contributed by atoms with Crippen LogP contribution < -0.4 is 11.3 Å². The molecule has 1 heterocycles. The first kappa shape index (κ1) is 21.1. The van der Waals surface area contributed by atoms with Crippen molar-refractivity contribution in [3.05, 3.63) is 120 Å². The van der Waals surface area contributed by atoms with Gasteiger partial charge >= 0.3 is 11.8 Å². The molecule has 0 aliphatic heterocycles. The number of carbonyl (C=O) groups is 1. The first-order chi connectivity index (χ1) is 16.6. The Kier molecular flexibility index (Phi) is 5.14. The van der Waals surface area contributed by atoms with Crippen molar-refractivity contribution < 1.29 is 15.3 Å². The number of hydrogen-bond acceptors (Lipinski definition) is 2. The van der Waals surface area contributed by atoms with Crippen LogP contribution in [0.4, 0.5) is 0 Å². The Morgan fingerprint density at radius 3 is 1.94 bits per heavy atom. The average Bonchev–Trinajstić information content (AvgIpc) is 3.20. The third-order valence-electron chi connectivity index (χ3n) is 6.16. The summed E-state index contributed by atoms with van der Waals surface area (Å²) in [6.07, 6.45) is 0. The monoisotopic (exact) mass is 448 g/mol. The Balaban J connectivity index is 1.97.